The Bertz CT molecular complexity index is 1050. The van der Waals surface area contributed by atoms with Crippen molar-refractivity contribution in [3.05, 3.63) is 48.0 Å². The minimum absolute atomic E-state index is 0.0693. The number of rotatable bonds is 4. The Balaban J connectivity index is 1.46. The summed E-state index contributed by atoms with van der Waals surface area (Å²) < 4.78 is 39.0. The predicted molar refractivity (Wildman–Crippen MR) is 112 cm³/mol. The van der Waals surface area contributed by atoms with Gasteiger partial charge in [0.1, 0.15) is 0 Å². The van der Waals surface area contributed by atoms with Gasteiger partial charge < -0.3 is 14.8 Å². The largest absolute Gasteiger partial charge is 0.490 e. The lowest BCUT2D eigenvalue weighted by molar-refractivity contribution is 0.0978. The van der Waals surface area contributed by atoms with Gasteiger partial charge in [-0.1, -0.05) is 11.8 Å². The molecule has 2 heterocycles. The number of nitrogens with zero attached hydrogens (tertiary/aromatic N) is 1. The average Bonchev–Trinajstić information content (AvgIpc) is 3.10. The normalized spacial score (nSPS) is 15.9. The van der Waals surface area contributed by atoms with E-state index in [9.17, 15) is 13.2 Å². The summed E-state index contributed by atoms with van der Waals surface area (Å²) in [6.45, 7) is 1.70. The number of thioether (sulfide) groups is 1. The number of sulfonamides is 1. The number of aliphatic imine (C=N–C) groups is 1. The van der Waals surface area contributed by atoms with E-state index in [1.165, 1.54) is 23.9 Å². The third-order valence-corrected chi connectivity index (χ3v) is 6.50. The topological polar surface area (TPSA) is 106 Å². The number of carbonyl (C=O) groups is 1. The molecule has 2 N–H and O–H groups in total. The number of hydrogen-bond donors (Lipinski definition) is 2. The van der Waals surface area contributed by atoms with Crippen LogP contribution in [0.1, 0.15) is 16.8 Å². The Kier molecular flexibility index (Phi) is 5.63. The Hall–Kier alpha value is -2.72. The van der Waals surface area contributed by atoms with Crippen molar-refractivity contribution < 1.29 is 22.7 Å². The molecule has 0 atom stereocenters. The van der Waals surface area contributed by atoms with Crippen molar-refractivity contribution in [1.29, 1.82) is 0 Å². The van der Waals surface area contributed by atoms with Crippen molar-refractivity contribution in [2.24, 2.45) is 4.99 Å². The summed E-state index contributed by atoms with van der Waals surface area (Å²) in [5.41, 5.74) is 0.764. The molecule has 0 aromatic heterocycles. The minimum atomic E-state index is -3.82. The van der Waals surface area contributed by atoms with E-state index in [1.807, 2.05) is 0 Å². The van der Waals surface area contributed by atoms with Gasteiger partial charge in [-0.2, -0.15) is 0 Å². The van der Waals surface area contributed by atoms with E-state index in [-0.39, 0.29) is 10.8 Å². The summed E-state index contributed by atoms with van der Waals surface area (Å²) in [6.07, 6.45) is 0.737. The van der Waals surface area contributed by atoms with Gasteiger partial charge in [0.25, 0.3) is 15.9 Å². The molecule has 2 aliphatic heterocycles. The third kappa shape index (κ3) is 4.65. The molecule has 0 radical (unpaired) electrons. The molecule has 152 valence electrons. The highest BCUT2D eigenvalue weighted by Gasteiger charge is 2.19. The summed E-state index contributed by atoms with van der Waals surface area (Å²) in [5.74, 6) is 1.51. The van der Waals surface area contributed by atoms with Gasteiger partial charge in [-0.3, -0.25) is 14.5 Å². The van der Waals surface area contributed by atoms with Gasteiger partial charge >= 0.3 is 0 Å². The first-order chi connectivity index (χ1) is 14.0. The molecular weight excluding hydrogens is 414 g/mol. The van der Waals surface area contributed by atoms with Crippen LogP contribution in [0.4, 0.5) is 5.69 Å². The smallest absolute Gasteiger partial charge is 0.262 e. The van der Waals surface area contributed by atoms with Crippen LogP contribution in [0.25, 0.3) is 0 Å². The Morgan fingerprint density at radius 3 is 2.52 bits per heavy atom. The van der Waals surface area contributed by atoms with Gasteiger partial charge in [0, 0.05) is 29.5 Å². The van der Waals surface area contributed by atoms with Crippen LogP contribution in [0.3, 0.4) is 0 Å². The lowest BCUT2D eigenvalue weighted by Crippen LogP contribution is -2.27. The zero-order valence-electron chi connectivity index (χ0n) is 15.4. The Morgan fingerprint density at radius 1 is 1.03 bits per heavy atom. The van der Waals surface area contributed by atoms with E-state index < -0.39 is 10.0 Å². The molecule has 0 aliphatic carbocycles. The highest BCUT2D eigenvalue weighted by molar-refractivity contribution is 8.14. The first-order valence-electron chi connectivity index (χ1n) is 9.02. The number of nitrogens with one attached hydrogen (secondary N) is 2. The van der Waals surface area contributed by atoms with E-state index in [0.717, 1.165) is 12.2 Å². The second-order valence-electron chi connectivity index (χ2n) is 6.33. The van der Waals surface area contributed by atoms with E-state index >= 15 is 0 Å². The molecule has 2 aliphatic rings. The van der Waals surface area contributed by atoms with Gasteiger partial charge in [0.2, 0.25) is 0 Å². The molecule has 4 rings (SSSR count). The zero-order valence-corrected chi connectivity index (χ0v) is 17.0. The number of amidine groups is 1. The van der Waals surface area contributed by atoms with Gasteiger partial charge in [-0.15, -0.1) is 0 Å². The summed E-state index contributed by atoms with van der Waals surface area (Å²) in [6, 6.07) is 10.7. The molecular formula is C19H19N3O5S2. The Morgan fingerprint density at radius 2 is 1.79 bits per heavy atom. The first-order valence-corrected chi connectivity index (χ1v) is 11.5. The maximum atomic E-state index is 12.7. The number of ether oxygens (including phenoxy) is 2. The van der Waals surface area contributed by atoms with E-state index in [0.29, 0.717) is 47.7 Å². The van der Waals surface area contributed by atoms with Crippen molar-refractivity contribution in [2.45, 2.75) is 11.3 Å². The SMILES string of the molecule is O=C(NC1=NCCS1)c1ccc(NS(=O)(=O)c2ccc3c(c2)OCCCO3)cc1. The number of hydrogen-bond acceptors (Lipinski definition) is 7. The van der Waals surface area contributed by atoms with Crippen LogP contribution >= 0.6 is 11.8 Å². The van der Waals surface area contributed by atoms with Crippen LogP contribution in [0, 0.1) is 0 Å². The highest BCUT2D eigenvalue weighted by atomic mass is 32.2. The van der Waals surface area contributed by atoms with E-state index in [4.69, 9.17) is 9.47 Å². The average molecular weight is 434 g/mol. The molecule has 0 saturated heterocycles. The predicted octanol–water partition coefficient (Wildman–Crippen LogP) is 2.48. The summed E-state index contributed by atoms with van der Waals surface area (Å²) in [4.78, 5) is 16.5. The fourth-order valence-corrected chi connectivity index (χ4v) is 4.59. The number of amides is 1. The fraction of sp³-hybridized carbons (Fsp3) is 0.263. The summed E-state index contributed by atoms with van der Waals surface area (Å²) >= 11 is 1.49. The molecule has 8 nitrogen and oxygen atoms in total. The molecule has 0 saturated carbocycles. The number of benzene rings is 2. The fourth-order valence-electron chi connectivity index (χ4n) is 2.79. The monoisotopic (exact) mass is 433 g/mol. The summed E-state index contributed by atoms with van der Waals surface area (Å²) in [7, 11) is -3.82. The second-order valence-corrected chi connectivity index (χ2v) is 9.10. The van der Waals surface area contributed by atoms with Crippen molar-refractivity contribution in [2.75, 3.05) is 30.2 Å². The van der Waals surface area contributed by atoms with Crippen molar-refractivity contribution in [3.63, 3.8) is 0 Å². The third-order valence-electron chi connectivity index (χ3n) is 4.23. The maximum Gasteiger partial charge on any atom is 0.262 e. The minimum Gasteiger partial charge on any atom is -0.490 e. The highest BCUT2D eigenvalue weighted by Crippen LogP contribution is 2.32. The number of fused-ring (bicyclic) bond motifs is 1. The van der Waals surface area contributed by atoms with Crippen LogP contribution in [0.15, 0.2) is 52.4 Å². The molecule has 0 bridgehead atoms. The van der Waals surface area contributed by atoms with Crippen molar-refractivity contribution >= 4 is 38.5 Å². The van der Waals surface area contributed by atoms with Gasteiger partial charge in [0.05, 0.1) is 24.7 Å². The van der Waals surface area contributed by atoms with Crippen LogP contribution in [-0.2, 0) is 10.0 Å². The van der Waals surface area contributed by atoms with Crippen LogP contribution in [-0.4, -0.2) is 45.0 Å². The van der Waals surface area contributed by atoms with E-state index in [2.05, 4.69) is 15.0 Å². The molecule has 10 heteroatoms. The van der Waals surface area contributed by atoms with Gasteiger partial charge in [0.15, 0.2) is 16.7 Å². The standard InChI is InChI=1S/C19H19N3O5S2/c23-18(21-19-20-8-11-28-19)13-2-4-14(5-3-13)22-29(24,25)15-6-7-16-17(12-15)27-10-1-9-26-16/h2-7,12,22H,1,8-11H2,(H,20,21,23). The molecule has 2 aromatic carbocycles. The lowest BCUT2D eigenvalue weighted by atomic mass is 10.2. The zero-order chi connectivity index (χ0) is 20.3. The van der Waals surface area contributed by atoms with Gasteiger partial charge in [-0.05, 0) is 36.4 Å². The first kappa shape index (κ1) is 19.6. The molecule has 29 heavy (non-hydrogen) atoms. The molecule has 2 aromatic rings. The lowest BCUT2D eigenvalue weighted by Gasteiger charge is -2.12. The number of anilines is 1. The van der Waals surface area contributed by atoms with Gasteiger partial charge in [-0.25, -0.2) is 8.42 Å². The van der Waals surface area contributed by atoms with Crippen molar-refractivity contribution in [1.82, 2.24) is 5.32 Å². The van der Waals surface area contributed by atoms with Crippen LogP contribution in [0.2, 0.25) is 0 Å². The van der Waals surface area contributed by atoms with Crippen LogP contribution < -0.4 is 19.5 Å². The van der Waals surface area contributed by atoms with E-state index in [1.54, 1.807) is 30.3 Å². The Labute approximate surface area is 172 Å². The van der Waals surface area contributed by atoms with Crippen LogP contribution in [0.5, 0.6) is 11.5 Å². The molecule has 0 spiro atoms. The second kappa shape index (κ2) is 8.34. The maximum absolute atomic E-state index is 12.7. The number of carbonyl (C=O) groups excluding carboxylic acids is 1. The molecule has 0 fully saturated rings. The van der Waals surface area contributed by atoms with Crippen molar-refractivity contribution in [3.8, 4) is 11.5 Å². The quantitative estimate of drug-likeness (QED) is 0.767. The molecule has 0 unspecified atom stereocenters. The molecule has 1 amide bonds. The summed E-state index contributed by atoms with van der Waals surface area (Å²) in [5, 5.41) is 3.34.